The Bertz CT molecular complexity index is 645. The van der Waals surface area contributed by atoms with Crippen LogP contribution < -0.4 is 5.32 Å². The summed E-state index contributed by atoms with van der Waals surface area (Å²) in [5, 5.41) is 3.67. The summed E-state index contributed by atoms with van der Waals surface area (Å²) in [6.45, 7) is 5.20. The fourth-order valence-corrected chi connectivity index (χ4v) is 4.34. The van der Waals surface area contributed by atoms with Gasteiger partial charge < -0.3 is 9.73 Å². The van der Waals surface area contributed by atoms with E-state index in [-0.39, 0.29) is 0 Å². The highest BCUT2D eigenvalue weighted by Gasteiger charge is 2.57. The van der Waals surface area contributed by atoms with Crippen LogP contribution >= 0.6 is 0 Å². The van der Waals surface area contributed by atoms with Gasteiger partial charge >= 0.3 is 0 Å². The Hall–Kier alpha value is -1.54. The van der Waals surface area contributed by atoms with Crippen molar-refractivity contribution in [3.05, 3.63) is 59.0 Å². The molecule has 0 amide bonds. The van der Waals surface area contributed by atoms with Crippen LogP contribution in [0.3, 0.4) is 0 Å². The van der Waals surface area contributed by atoms with E-state index >= 15 is 0 Å². The average molecular weight is 281 g/mol. The molecule has 1 aromatic heterocycles. The molecule has 2 heteroatoms. The fourth-order valence-electron chi connectivity index (χ4n) is 4.34. The maximum absolute atomic E-state index is 5.93. The van der Waals surface area contributed by atoms with Gasteiger partial charge in [-0.3, -0.25) is 0 Å². The summed E-state index contributed by atoms with van der Waals surface area (Å²) in [5.41, 5.74) is 3.15. The van der Waals surface area contributed by atoms with Gasteiger partial charge in [0, 0.05) is 0 Å². The Labute approximate surface area is 126 Å². The molecule has 4 unspecified atom stereocenters. The molecule has 1 saturated carbocycles. The molecule has 0 bridgehead atoms. The first-order valence-electron chi connectivity index (χ1n) is 8.17. The number of aryl methyl sites for hydroxylation is 2. The van der Waals surface area contributed by atoms with Gasteiger partial charge in [0.1, 0.15) is 11.5 Å². The lowest BCUT2D eigenvalue weighted by Crippen LogP contribution is -2.23. The SMILES string of the molecule is CCNC(c1ccc(C)o1)C1C2CCc3ccccc3C21. The number of hydrogen-bond donors (Lipinski definition) is 1. The van der Waals surface area contributed by atoms with E-state index in [2.05, 4.69) is 48.6 Å². The second-order valence-electron chi connectivity index (χ2n) is 6.49. The highest BCUT2D eigenvalue weighted by molar-refractivity contribution is 5.40. The van der Waals surface area contributed by atoms with E-state index < -0.39 is 0 Å². The van der Waals surface area contributed by atoms with Gasteiger partial charge in [0.05, 0.1) is 6.04 Å². The van der Waals surface area contributed by atoms with Crippen LogP contribution in [0.25, 0.3) is 0 Å². The molecule has 1 fully saturated rings. The Morgan fingerprint density at radius 3 is 2.86 bits per heavy atom. The maximum Gasteiger partial charge on any atom is 0.121 e. The lowest BCUT2D eigenvalue weighted by atomic mass is 9.92. The van der Waals surface area contributed by atoms with E-state index in [9.17, 15) is 0 Å². The molecule has 1 heterocycles. The third-order valence-corrected chi connectivity index (χ3v) is 5.27. The number of nitrogens with one attached hydrogen (secondary N) is 1. The van der Waals surface area contributed by atoms with Crippen molar-refractivity contribution in [1.29, 1.82) is 0 Å². The van der Waals surface area contributed by atoms with Crippen LogP contribution in [0.5, 0.6) is 0 Å². The van der Waals surface area contributed by atoms with Gasteiger partial charge in [-0.25, -0.2) is 0 Å². The normalized spacial score (nSPS) is 27.8. The molecule has 110 valence electrons. The average Bonchev–Trinajstić information content (AvgIpc) is 3.09. The number of rotatable bonds is 4. The van der Waals surface area contributed by atoms with E-state index in [0.29, 0.717) is 12.0 Å². The molecule has 4 atom stereocenters. The second kappa shape index (κ2) is 5.03. The molecular weight excluding hydrogens is 258 g/mol. The van der Waals surface area contributed by atoms with Crippen molar-refractivity contribution in [2.75, 3.05) is 6.54 Å². The van der Waals surface area contributed by atoms with Crippen molar-refractivity contribution < 1.29 is 4.42 Å². The van der Waals surface area contributed by atoms with Crippen molar-refractivity contribution >= 4 is 0 Å². The largest absolute Gasteiger partial charge is 0.465 e. The van der Waals surface area contributed by atoms with E-state index in [1.165, 1.54) is 12.8 Å². The third-order valence-electron chi connectivity index (χ3n) is 5.27. The van der Waals surface area contributed by atoms with Gasteiger partial charge in [0.25, 0.3) is 0 Å². The molecule has 2 aromatic rings. The smallest absolute Gasteiger partial charge is 0.121 e. The molecular formula is C19H23NO. The summed E-state index contributed by atoms with van der Waals surface area (Å²) >= 11 is 0. The van der Waals surface area contributed by atoms with Crippen LogP contribution in [-0.4, -0.2) is 6.54 Å². The predicted molar refractivity (Wildman–Crippen MR) is 84.3 cm³/mol. The summed E-state index contributed by atoms with van der Waals surface area (Å²) in [6, 6.07) is 13.6. The third kappa shape index (κ3) is 2.13. The zero-order chi connectivity index (χ0) is 14.4. The Kier molecular flexibility index (Phi) is 3.15. The molecule has 0 radical (unpaired) electrons. The van der Waals surface area contributed by atoms with E-state index in [1.54, 1.807) is 11.1 Å². The zero-order valence-electron chi connectivity index (χ0n) is 12.8. The molecule has 1 N–H and O–H groups in total. The summed E-state index contributed by atoms with van der Waals surface area (Å²) in [7, 11) is 0. The van der Waals surface area contributed by atoms with Crippen LogP contribution in [0.2, 0.25) is 0 Å². The van der Waals surface area contributed by atoms with Crippen molar-refractivity contribution in [2.24, 2.45) is 11.8 Å². The Morgan fingerprint density at radius 1 is 1.24 bits per heavy atom. The molecule has 0 saturated heterocycles. The zero-order valence-corrected chi connectivity index (χ0v) is 12.8. The van der Waals surface area contributed by atoms with Crippen LogP contribution in [-0.2, 0) is 6.42 Å². The maximum atomic E-state index is 5.93. The number of hydrogen-bond acceptors (Lipinski definition) is 2. The molecule has 0 spiro atoms. The lowest BCUT2D eigenvalue weighted by molar-refractivity contribution is 0.364. The fraction of sp³-hybridized carbons (Fsp3) is 0.474. The number of furan rings is 1. The molecule has 2 aliphatic carbocycles. The highest BCUT2D eigenvalue weighted by atomic mass is 16.3. The first kappa shape index (κ1) is 13.1. The molecule has 0 aliphatic heterocycles. The number of fused-ring (bicyclic) bond motifs is 3. The van der Waals surface area contributed by atoms with Crippen molar-refractivity contribution in [3.8, 4) is 0 Å². The van der Waals surface area contributed by atoms with Gasteiger partial charge in [0.15, 0.2) is 0 Å². The van der Waals surface area contributed by atoms with Crippen LogP contribution in [0.1, 0.15) is 48.0 Å². The Morgan fingerprint density at radius 2 is 2.10 bits per heavy atom. The molecule has 2 nitrogen and oxygen atoms in total. The minimum Gasteiger partial charge on any atom is -0.465 e. The Balaban J connectivity index is 1.65. The van der Waals surface area contributed by atoms with E-state index in [1.807, 2.05) is 6.92 Å². The van der Waals surface area contributed by atoms with Crippen LogP contribution in [0.4, 0.5) is 0 Å². The van der Waals surface area contributed by atoms with Crippen molar-refractivity contribution in [1.82, 2.24) is 5.32 Å². The topological polar surface area (TPSA) is 25.2 Å². The lowest BCUT2D eigenvalue weighted by Gasteiger charge is -2.16. The van der Waals surface area contributed by atoms with E-state index in [4.69, 9.17) is 4.42 Å². The van der Waals surface area contributed by atoms with Gasteiger partial charge in [-0.2, -0.15) is 0 Å². The molecule has 2 aliphatic rings. The first-order chi connectivity index (χ1) is 10.3. The van der Waals surface area contributed by atoms with Crippen LogP contribution in [0.15, 0.2) is 40.8 Å². The van der Waals surface area contributed by atoms with Gasteiger partial charge in [-0.05, 0) is 67.3 Å². The minimum absolute atomic E-state index is 0.366. The molecule has 1 aromatic carbocycles. The van der Waals surface area contributed by atoms with E-state index in [0.717, 1.165) is 29.9 Å². The predicted octanol–water partition coefficient (Wildman–Crippen LogP) is 4.21. The highest BCUT2D eigenvalue weighted by Crippen LogP contribution is 2.64. The molecule has 4 rings (SSSR count). The summed E-state index contributed by atoms with van der Waals surface area (Å²) in [6.07, 6.45) is 2.57. The van der Waals surface area contributed by atoms with Crippen molar-refractivity contribution in [2.45, 2.75) is 38.6 Å². The van der Waals surface area contributed by atoms with Gasteiger partial charge in [-0.1, -0.05) is 31.2 Å². The first-order valence-corrected chi connectivity index (χ1v) is 8.17. The monoisotopic (exact) mass is 281 g/mol. The quantitative estimate of drug-likeness (QED) is 0.908. The van der Waals surface area contributed by atoms with Gasteiger partial charge in [0.2, 0.25) is 0 Å². The van der Waals surface area contributed by atoms with Crippen LogP contribution in [0, 0.1) is 18.8 Å². The summed E-state index contributed by atoms with van der Waals surface area (Å²) in [5.74, 6) is 4.38. The summed E-state index contributed by atoms with van der Waals surface area (Å²) < 4.78 is 5.93. The minimum atomic E-state index is 0.366. The number of benzene rings is 1. The van der Waals surface area contributed by atoms with Crippen molar-refractivity contribution in [3.63, 3.8) is 0 Å². The standard InChI is InChI=1S/C19H23NO/c1-3-20-19(16-11-8-12(2)21-16)18-15-10-9-13-6-4-5-7-14(13)17(15)18/h4-8,11,15,17-20H,3,9-10H2,1-2H3. The van der Waals surface area contributed by atoms with Gasteiger partial charge in [-0.15, -0.1) is 0 Å². The summed E-state index contributed by atoms with van der Waals surface area (Å²) in [4.78, 5) is 0. The second-order valence-corrected chi connectivity index (χ2v) is 6.49. The molecule has 21 heavy (non-hydrogen) atoms.